The van der Waals surface area contributed by atoms with Gasteiger partial charge in [-0.25, -0.2) is 13.4 Å². The predicted molar refractivity (Wildman–Crippen MR) is 160 cm³/mol. The fourth-order valence-corrected chi connectivity index (χ4v) is 6.97. The maximum Gasteiger partial charge on any atom is 0.250 e. The van der Waals surface area contributed by atoms with Gasteiger partial charge in [0.1, 0.15) is 0 Å². The van der Waals surface area contributed by atoms with E-state index in [-0.39, 0.29) is 34.6 Å². The number of aromatic nitrogens is 3. The van der Waals surface area contributed by atoms with Crippen molar-refractivity contribution in [1.29, 1.82) is 0 Å². The number of carbonyl (C=O) groups is 1. The van der Waals surface area contributed by atoms with Gasteiger partial charge in [0, 0.05) is 49.2 Å². The molecule has 0 fully saturated rings. The Labute approximate surface area is 243 Å². The van der Waals surface area contributed by atoms with E-state index in [0.29, 0.717) is 16.7 Å². The molecule has 214 valence electrons. The molecule has 0 radical (unpaired) electrons. The standard InChI is InChI=1S/C30H33N5O4S2/c1-5-41(38,39)24-12-11-23(31-15-24)14-26(36)32-30-33-28-25(40-30)18-35(29(28)19(2)3)16-20-6-8-21(9-7-20)22-10-13-27(37)34(4)17-22/h6-13,15,17,19,29H,5,14,16,18H2,1-4H3,(H,32,33,36)/t29-/m0/s1. The zero-order chi connectivity index (χ0) is 29.3. The van der Waals surface area contributed by atoms with Crippen molar-refractivity contribution < 1.29 is 13.2 Å². The van der Waals surface area contributed by atoms with Crippen molar-refractivity contribution in [3.63, 3.8) is 0 Å². The number of thiazole rings is 1. The first-order valence-corrected chi connectivity index (χ1v) is 16.0. The van der Waals surface area contributed by atoms with E-state index >= 15 is 0 Å². The summed E-state index contributed by atoms with van der Waals surface area (Å²) in [7, 11) is -1.58. The molecule has 1 aliphatic heterocycles. The average Bonchev–Trinajstić information content (AvgIpc) is 3.47. The number of nitrogens with one attached hydrogen (secondary N) is 1. The number of nitrogens with zero attached hydrogens (tertiary/aromatic N) is 4. The second-order valence-electron chi connectivity index (χ2n) is 10.6. The summed E-state index contributed by atoms with van der Waals surface area (Å²) in [5.74, 6) is 0.0873. The van der Waals surface area contributed by atoms with Gasteiger partial charge < -0.3 is 9.88 Å². The SMILES string of the molecule is CCS(=O)(=O)c1ccc(CC(=O)Nc2nc3c(s2)CN(Cc2ccc(-c4ccc(=O)n(C)c4)cc2)[C@H]3C(C)C)nc1. The van der Waals surface area contributed by atoms with Crippen LogP contribution in [0.2, 0.25) is 0 Å². The Morgan fingerprint density at radius 2 is 1.83 bits per heavy atom. The maximum absolute atomic E-state index is 12.7. The summed E-state index contributed by atoms with van der Waals surface area (Å²) in [4.78, 5) is 37.1. The van der Waals surface area contributed by atoms with Crippen molar-refractivity contribution in [2.24, 2.45) is 13.0 Å². The van der Waals surface area contributed by atoms with Crippen LogP contribution >= 0.6 is 11.3 Å². The summed E-state index contributed by atoms with van der Waals surface area (Å²) in [6, 6.07) is 15.1. The van der Waals surface area contributed by atoms with Crippen LogP contribution in [0.5, 0.6) is 0 Å². The molecule has 0 spiro atoms. The lowest BCUT2D eigenvalue weighted by Gasteiger charge is -2.27. The Balaban J connectivity index is 1.23. The summed E-state index contributed by atoms with van der Waals surface area (Å²) in [5.41, 5.74) is 4.72. The summed E-state index contributed by atoms with van der Waals surface area (Å²) < 4.78 is 25.6. The average molecular weight is 592 g/mol. The van der Waals surface area contributed by atoms with Crippen LogP contribution in [0.4, 0.5) is 5.13 Å². The van der Waals surface area contributed by atoms with E-state index in [2.05, 4.69) is 53.3 Å². The summed E-state index contributed by atoms with van der Waals surface area (Å²) >= 11 is 1.50. The van der Waals surface area contributed by atoms with Gasteiger partial charge in [0.25, 0.3) is 0 Å². The number of sulfone groups is 1. The third-order valence-electron chi connectivity index (χ3n) is 7.26. The van der Waals surface area contributed by atoms with Gasteiger partial charge in [0.05, 0.1) is 28.8 Å². The van der Waals surface area contributed by atoms with Crippen LogP contribution in [-0.2, 0) is 41.2 Å². The summed E-state index contributed by atoms with van der Waals surface area (Å²) in [5, 5.41) is 3.47. The number of hydrogen-bond donors (Lipinski definition) is 1. The largest absolute Gasteiger partial charge is 0.318 e. The van der Waals surface area contributed by atoms with Gasteiger partial charge in [-0.05, 0) is 40.8 Å². The van der Waals surface area contributed by atoms with E-state index in [1.54, 1.807) is 30.7 Å². The zero-order valence-electron chi connectivity index (χ0n) is 23.5. The third kappa shape index (κ3) is 6.32. The van der Waals surface area contributed by atoms with E-state index in [4.69, 9.17) is 4.98 Å². The minimum absolute atomic E-state index is 0.00260. The molecule has 0 bridgehead atoms. The number of amides is 1. The highest BCUT2D eigenvalue weighted by Gasteiger charge is 2.36. The van der Waals surface area contributed by atoms with E-state index in [1.807, 2.05) is 12.3 Å². The Morgan fingerprint density at radius 3 is 2.46 bits per heavy atom. The lowest BCUT2D eigenvalue weighted by atomic mass is 10.0. The smallest absolute Gasteiger partial charge is 0.250 e. The molecule has 0 saturated carbocycles. The molecule has 5 rings (SSSR count). The third-order valence-corrected chi connectivity index (χ3v) is 9.95. The normalized spacial score (nSPS) is 15.3. The zero-order valence-corrected chi connectivity index (χ0v) is 25.1. The summed E-state index contributed by atoms with van der Waals surface area (Å²) in [6.45, 7) is 7.48. The van der Waals surface area contributed by atoms with Crippen LogP contribution < -0.4 is 10.9 Å². The van der Waals surface area contributed by atoms with Gasteiger partial charge in [-0.1, -0.05) is 45.0 Å². The predicted octanol–water partition coefficient (Wildman–Crippen LogP) is 4.59. The molecule has 0 unspecified atom stereocenters. The number of anilines is 1. The second kappa shape index (κ2) is 11.7. The van der Waals surface area contributed by atoms with E-state index in [1.165, 1.54) is 29.2 Å². The fraction of sp³-hybridized carbons (Fsp3) is 0.333. The van der Waals surface area contributed by atoms with E-state index in [0.717, 1.165) is 34.8 Å². The van der Waals surface area contributed by atoms with Gasteiger partial charge in [-0.3, -0.25) is 19.5 Å². The molecule has 1 atom stereocenters. The number of hydrogen-bond acceptors (Lipinski definition) is 8. The molecule has 3 aromatic heterocycles. The highest BCUT2D eigenvalue weighted by atomic mass is 32.2. The minimum Gasteiger partial charge on any atom is -0.318 e. The molecule has 1 aliphatic rings. The monoisotopic (exact) mass is 591 g/mol. The van der Waals surface area contributed by atoms with Crippen molar-refractivity contribution >= 4 is 32.2 Å². The van der Waals surface area contributed by atoms with Crippen molar-refractivity contribution in [2.45, 2.75) is 51.2 Å². The van der Waals surface area contributed by atoms with Crippen molar-refractivity contribution in [3.05, 3.63) is 93.1 Å². The van der Waals surface area contributed by atoms with Gasteiger partial charge in [-0.2, -0.15) is 0 Å². The molecule has 0 aliphatic carbocycles. The molecular weight excluding hydrogens is 558 g/mol. The first kappa shape index (κ1) is 28.8. The highest BCUT2D eigenvalue weighted by molar-refractivity contribution is 7.91. The van der Waals surface area contributed by atoms with Crippen LogP contribution in [-0.4, -0.2) is 39.5 Å². The number of benzene rings is 1. The molecule has 1 N–H and O–H groups in total. The number of pyridine rings is 2. The quantitative estimate of drug-likeness (QED) is 0.303. The lowest BCUT2D eigenvalue weighted by molar-refractivity contribution is -0.115. The Bertz CT molecular complexity index is 1730. The number of carbonyl (C=O) groups excluding carboxylic acids is 1. The molecule has 0 saturated heterocycles. The van der Waals surface area contributed by atoms with E-state index < -0.39 is 9.84 Å². The number of fused-ring (bicyclic) bond motifs is 1. The van der Waals surface area contributed by atoms with Crippen LogP contribution in [0.1, 0.15) is 48.6 Å². The van der Waals surface area contributed by atoms with Crippen LogP contribution in [0.3, 0.4) is 0 Å². The first-order valence-electron chi connectivity index (χ1n) is 13.5. The Hall–Kier alpha value is -3.67. The van der Waals surface area contributed by atoms with Gasteiger partial charge in [0.15, 0.2) is 15.0 Å². The molecule has 4 heterocycles. The molecule has 1 amide bonds. The van der Waals surface area contributed by atoms with Crippen LogP contribution in [0.25, 0.3) is 11.1 Å². The topological polar surface area (TPSA) is 114 Å². The van der Waals surface area contributed by atoms with Gasteiger partial charge in [0.2, 0.25) is 11.5 Å². The molecule has 9 nitrogen and oxygen atoms in total. The van der Waals surface area contributed by atoms with Crippen LogP contribution in [0.15, 0.2) is 70.6 Å². The summed E-state index contributed by atoms with van der Waals surface area (Å²) in [6.07, 6.45) is 3.19. The van der Waals surface area contributed by atoms with Crippen LogP contribution in [0, 0.1) is 5.92 Å². The molecule has 4 aromatic rings. The fourth-order valence-electron chi connectivity index (χ4n) is 5.10. The minimum atomic E-state index is -3.33. The Kier molecular flexibility index (Phi) is 8.21. The molecule has 11 heteroatoms. The molecular formula is C30H33N5O4S2. The second-order valence-corrected chi connectivity index (χ2v) is 14.0. The maximum atomic E-state index is 12.7. The van der Waals surface area contributed by atoms with Crippen molar-refractivity contribution in [3.8, 4) is 11.1 Å². The van der Waals surface area contributed by atoms with Gasteiger partial charge >= 0.3 is 0 Å². The molecule has 41 heavy (non-hydrogen) atoms. The van der Waals surface area contributed by atoms with Gasteiger partial charge in [-0.15, -0.1) is 11.3 Å². The van der Waals surface area contributed by atoms with E-state index in [9.17, 15) is 18.0 Å². The first-order chi connectivity index (χ1) is 19.5. The number of aryl methyl sites for hydroxylation is 1. The Morgan fingerprint density at radius 1 is 1.10 bits per heavy atom. The van der Waals surface area contributed by atoms with Crippen molar-refractivity contribution in [2.75, 3.05) is 11.1 Å². The number of rotatable bonds is 9. The lowest BCUT2D eigenvalue weighted by Crippen LogP contribution is -2.26. The van der Waals surface area contributed by atoms with Crippen molar-refractivity contribution in [1.82, 2.24) is 19.4 Å². The molecule has 1 aromatic carbocycles. The highest BCUT2D eigenvalue weighted by Crippen LogP contribution is 2.43.